The van der Waals surface area contributed by atoms with Gasteiger partial charge in [-0.1, -0.05) is 17.7 Å². The smallest absolute Gasteiger partial charge is 0.331 e. The first-order chi connectivity index (χ1) is 16.9. The number of hydrogen-bond acceptors (Lipinski definition) is 6. The van der Waals surface area contributed by atoms with Gasteiger partial charge in [-0.05, 0) is 48.9 Å². The molecule has 0 radical (unpaired) electrons. The summed E-state index contributed by atoms with van der Waals surface area (Å²) in [4.78, 5) is 25.7. The van der Waals surface area contributed by atoms with Gasteiger partial charge in [0.05, 0.1) is 10.5 Å². The zero-order valence-corrected chi connectivity index (χ0v) is 19.8. The number of aromatic nitrogens is 3. The minimum absolute atomic E-state index is 0.0292. The maximum atomic E-state index is 13.1. The molecule has 1 aliphatic heterocycles. The largest absolute Gasteiger partial charge is 0.490 e. The van der Waals surface area contributed by atoms with Gasteiger partial charge in [0.15, 0.2) is 5.65 Å². The van der Waals surface area contributed by atoms with E-state index in [1.165, 1.54) is 12.1 Å². The van der Waals surface area contributed by atoms with E-state index in [0.29, 0.717) is 52.0 Å². The number of aliphatic carboxylic acids is 1. The fraction of sp³-hybridized carbons (Fsp3) is 0.320. The van der Waals surface area contributed by atoms with Gasteiger partial charge in [-0.25, -0.2) is 14.2 Å². The molecule has 1 aliphatic carbocycles. The molecule has 10 heteroatoms. The Morgan fingerprint density at radius 1 is 1.20 bits per heavy atom. The molecule has 0 bridgehead atoms. The summed E-state index contributed by atoms with van der Waals surface area (Å²) in [6.45, 7) is 3.17. The SMILES string of the molecule is CC1=C(C(=O)O)CC(Oc2nc3nc(N4CCC(Oc5ccc(F)cc5)CC4)c(Cl)cc3[nH]2)C=C1. The standard InChI is InChI=1S/C25H24ClFN4O4/c1-14-2-5-18(12-19(14)24(32)33)35-25-28-21-13-20(26)23(29-22(21)30-25)31-10-8-17(9-11-31)34-16-6-3-15(27)4-7-16/h2-7,13,17-18H,8-12H2,1H3,(H,32,33)(H,28,29,30). The number of hydrogen-bond donors (Lipinski definition) is 2. The van der Waals surface area contributed by atoms with E-state index < -0.39 is 12.1 Å². The predicted octanol–water partition coefficient (Wildman–Crippen LogP) is 4.91. The van der Waals surface area contributed by atoms with Gasteiger partial charge in [-0.3, -0.25) is 0 Å². The van der Waals surface area contributed by atoms with Crippen LogP contribution in [0.4, 0.5) is 10.2 Å². The normalized spacial score (nSPS) is 18.8. The topological polar surface area (TPSA) is 101 Å². The van der Waals surface area contributed by atoms with Crippen molar-refractivity contribution in [3.63, 3.8) is 0 Å². The first-order valence-corrected chi connectivity index (χ1v) is 11.7. The second-order valence-electron chi connectivity index (χ2n) is 8.65. The quantitative estimate of drug-likeness (QED) is 0.498. The molecule has 1 aromatic carbocycles. The first-order valence-electron chi connectivity index (χ1n) is 11.4. The van der Waals surface area contributed by atoms with Gasteiger partial charge in [0.1, 0.15) is 29.6 Å². The number of carbonyl (C=O) groups is 1. The summed E-state index contributed by atoms with van der Waals surface area (Å²) in [6, 6.07) is 8.06. The lowest BCUT2D eigenvalue weighted by molar-refractivity contribution is -0.133. The van der Waals surface area contributed by atoms with Crippen LogP contribution in [0.1, 0.15) is 26.2 Å². The van der Waals surface area contributed by atoms with Crippen molar-refractivity contribution in [3.05, 3.63) is 64.5 Å². The van der Waals surface area contributed by atoms with E-state index in [9.17, 15) is 14.3 Å². The van der Waals surface area contributed by atoms with Crippen molar-refractivity contribution >= 4 is 34.6 Å². The molecule has 1 atom stereocenters. The summed E-state index contributed by atoms with van der Waals surface area (Å²) >= 11 is 6.55. The number of halogens is 2. The zero-order chi connectivity index (χ0) is 24.5. The number of aromatic amines is 1. The van der Waals surface area contributed by atoms with Crippen molar-refractivity contribution < 1.29 is 23.8 Å². The number of imidazole rings is 1. The van der Waals surface area contributed by atoms with Gasteiger partial charge in [0, 0.05) is 37.9 Å². The van der Waals surface area contributed by atoms with E-state index in [4.69, 9.17) is 21.1 Å². The molecule has 2 aliphatic rings. The van der Waals surface area contributed by atoms with Crippen LogP contribution in [0.2, 0.25) is 5.02 Å². The molecule has 8 nitrogen and oxygen atoms in total. The Labute approximate surface area is 206 Å². The number of nitrogens with one attached hydrogen (secondary N) is 1. The molecule has 2 aromatic heterocycles. The highest BCUT2D eigenvalue weighted by atomic mass is 35.5. The highest BCUT2D eigenvalue weighted by molar-refractivity contribution is 6.33. The third-order valence-electron chi connectivity index (χ3n) is 6.21. The fourth-order valence-corrected chi connectivity index (χ4v) is 4.59. The summed E-state index contributed by atoms with van der Waals surface area (Å²) < 4.78 is 25.0. The van der Waals surface area contributed by atoms with Crippen LogP contribution in [-0.2, 0) is 4.79 Å². The van der Waals surface area contributed by atoms with Crippen LogP contribution < -0.4 is 14.4 Å². The van der Waals surface area contributed by atoms with E-state index in [1.54, 1.807) is 31.2 Å². The van der Waals surface area contributed by atoms with Crippen molar-refractivity contribution in [2.45, 2.75) is 38.4 Å². The number of benzene rings is 1. The molecule has 1 unspecified atom stereocenters. The van der Waals surface area contributed by atoms with E-state index in [0.717, 1.165) is 12.8 Å². The number of carboxylic acids is 1. The predicted molar refractivity (Wildman–Crippen MR) is 130 cm³/mol. The summed E-state index contributed by atoms with van der Waals surface area (Å²) in [7, 11) is 0. The number of rotatable bonds is 6. The maximum absolute atomic E-state index is 13.1. The van der Waals surface area contributed by atoms with Crippen molar-refractivity contribution in [2.75, 3.05) is 18.0 Å². The Morgan fingerprint density at radius 2 is 1.94 bits per heavy atom. The van der Waals surface area contributed by atoms with Crippen molar-refractivity contribution in [3.8, 4) is 11.8 Å². The van der Waals surface area contributed by atoms with E-state index in [1.807, 2.05) is 6.08 Å². The minimum atomic E-state index is -0.949. The average Bonchev–Trinajstić information content (AvgIpc) is 3.22. The number of allylic oxidation sites excluding steroid dienone is 2. The third-order valence-corrected chi connectivity index (χ3v) is 6.49. The van der Waals surface area contributed by atoms with Gasteiger partial charge in [-0.15, -0.1) is 0 Å². The highest BCUT2D eigenvalue weighted by Gasteiger charge is 2.25. The molecule has 2 N–H and O–H groups in total. The monoisotopic (exact) mass is 498 g/mol. The van der Waals surface area contributed by atoms with Crippen molar-refractivity contribution in [1.29, 1.82) is 0 Å². The van der Waals surface area contributed by atoms with Gasteiger partial charge in [-0.2, -0.15) is 4.98 Å². The average molecular weight is 499 g/mol. The van der Waals surface area contributed by atoms with Gasteiger partial charge < -0.3 is 24.5 Å². The number of H-pyrrole nitrogens is 1. The Morgan fingerprint density at radius 3 is 2.66 bits per heavy atom. The number of carboxylic acid groups (broad SMARTS) is 1. The van der Waals surface area contributed by atoms with Crippen LogP contribution in [-0.4, -0.2) is 51.3 Å². The van der Waals surface area contributed by atoms with E-state index in [2.05, 4.69) is 19.9 Å². The molecular weight excluding hydrogens is 475 g/mol. The Balaban J connectivity index is 1.25. The molecule has 0 saturated carbocycles. The molecule has 3 heterocycles. The van der Waals surface area contributed by atoms with Crippen LogP contribution in [0, 0.1) is 5.82 Å². The fourth-order valence-electron chi connectivity index (χ4n) is 4.32. The van der Waals surface area contributed by atoms with Crippen LogP contribution in [0.3, 0.4) is 0 Å². The van der Waals surface area contributed by atoms with E-state index >= 15 is 0 Å². The number of ether oxygens (including phenoxy) is 2. The maximum Gasteiger partial charge on any atom is 0.331 e. The van der Waals surface area contributed by atoms with Gasteiger partial charge in [0.2, 0.25) is 0 Å². The Hall–Kier alpha value is -3.59. The third kappa shape index (κ3) is 5.09. The summed E-state index contributed by atoms with van der Waals surface area (Å²) in [5.74, 6) is 0.0551. The molecule has 35 heavy (non-hydrogen) atoms. The van der Waals surface area contributed by atoms with Crippen LogP contribution in [0.25, 0.3) is 11.2 Å². The lowest BCUT2D eigenvalue weighted by atomic mass is 9.97. The summed E-state index contributed by atoms with van der Waals surface area (Å²) in [5.41, 5.74) is 2.14. The highest BCUT2D eigenvalue weighted by Crippen LogP contribution is 2.31. The van der Waals surface area contributed by atoms with Crippen LogP contribution in [0.5, 0.6) is 11.8 Å². The number of fused-ring (bicyclic) bond motifs is 1. The number of nitrogens with zero attached hydrogens (tertiary/aromatic N) is 3. The molecule has 1 fully saturated rings. The van der Waals surface area contributed by atoms with Gasteiger partial charge in [0.25, 0.3) is 6.01 Å². The number of anilines is 1. The summed E-state index contributed by atoms with van der Waals surface area (Å²) in [6.07, 6.45) is 4.95. The molecule has 3 aromatic rings. The van der Waals surface area contributed by atoms with E-state index in [-0.39, 0.29) is 24.4 Å². The Bertz CT molecular complexity index is 1310. The minimum Gasteiger partial charge on any atom is -0.490 e. The lowest BCUT2D eigenvalue weighted by Gasteiger charge is -2.33. The van der Waals surface area contributed by atoms with Crippen LogP contribution >= 0.6 is 11.6 Å². The van der Waals surface area contributed by atoms with Crippen molar-refractivity contribution in [2.24, 2.45) is 0 Å². The Kier molecular flexibility index (Phi) is 6.34. The second kappa shape index (κ2) is 9.58. The molecule has 0 amide bonds. The molecule has 1 saturated heterocycles. The van der Waals surface area contributed by atoms with Crippen LogP contribution in [0.15, 0.2) is 53.6 Å². The second-order valence-corrected chi connectivity index (χ2v) is 9.06. The zero-order valence-electron chi connectivity index (χ0n) is 19.0. The lowest BCUT2D eigenvalue weighted by Crippen LogP contribution is -2.38. The number of piperidine rings is 1. The summed E-state index contributed by atoms with van der Waals surface area (Å²) in [5, 5.41) is 9.87. The first kappa shape index (κ1) is 23.2. The van der Waals surface area contributed by atoms with Crippen molar-refractivity contribution in [1.82, 2.24) is 15.0 Å². The molecular formula is C25H24ClFN4O4. The molecule has 182 valence electrons. The van der Waals surface area contributed by atoms with Gasteiger partial charge >= 0.3 is 5.97 Å². The molecule has 5 rings (SSSR count). The molecule has 0 spiro atoms. The number of pyridine rings is 1.